The number of pyridine rings is 3. The van der Waals surface area contributed by atoms with Gasteiger partial charge in [0.1, 0.15) is 17.3 Å². The van der Waals surface area contributed by atoms with Crippen molar-refractivity contribution >= 4 is 11.7 Å². The summed E-state index contributed by atoms with van der Waals surface area (Å²) in [6, 6.07) is 10.7. The topological polar surface area (TPSA) is 93.6 Å². The third-order valence-corrected chi connectivity index (χ3v) is 4.16. The summed E-state index contributed by atoms with van der Waals surface area (Å²) < 4.78 is 27.6. The highest BCUT2D eigenvalue weighted by molar-refractivity contribution is 5.91. The molecule has 0 saturated heterocycles. The van der Waals surface area contributed by atoms with Crippen LogP contribution in [-0.4, -0.2) is 31.1 Å². The Morgan fingerprint density at radius 1 is 0.933 bits per heavy atom. The monoisotopic (exact) mass is 404 g/mol. The smallest absolute Gasteiger partial charge is 0.230 e. The number of halogens is 2. The van der Waals surface area contributed by atoms with Gasteiger partial charge in [-0.15, -0.1) is 0 Å². The first kappa shape index (κ1) is 19.2. The van der Waals surface area contributed by atoms with E-state index in [1.807, 2.05) is 0 Å². The average molecular weight is 404 g/mol. The van der Waals surface area contributed by atoms with Gasteiger partial charge < -0.3 is 5.32 Å². The minimum Gasteiger partial charge on any atom is -0.310 e. The largest absolute Gasteiger partial charge is 0.310 e. The molecule has 30 heavy (non-hydrogen) atoms. The molecule has 1 N–H and O–H groups in total. The van der Waals surface area contributed by atoms with Gasteiger partial charge >= 0.3 is 0 Å². The van der Waals surface area contributed by atoms with E-state index >= 15 is 0 Å². The summed E-state index contributed by atoms with van der Waals surface area (Å²) in [7, 11) is 0. The van der Waals surface area contributed by atoms with E-state index < -0.39 is 11.8 Å². The van der Waals surface area contributed by atoms with Gasteiger partial charge in [-0.3, -0.25) is 9.78 Å². The maximum atomic E-state index is 14.4. The molecule has 4 aromatic heterocycles. The maximum absolute atomic E-state index is 14.4. The zero-order valence-corrected chi connectivity index (χ0v) is 15.5. The van der Waals surface area contributed by atoms with E-state index in [9.17, 15) is 13.6 Å². The van der Waals surface area contributed by atoms with Crippen LogP contribution in [0.3, 0.4) is 0 Å². The molecule has 0 spiro atoms. The van der Waals surface area contributed by atoms with E-state index in [0.29, 0.717) is 17.1 Å². The van der Waals surface area contributed by atoms with Crippen molar-refractivity contribution < 1.29 is 13.6 Å². The van der Waals surface area contributed by atoms with Gasteiger partial charge in [-0.05, 0) is 42.0 Å². The van der Waals surface area contributed by atoms with Gasteiger partial charge in [0.2, 0.25) is 11.9 Å². The first-order valence-electron chi connectivity index (χ1n) is 8.89. The number of nitrogens with one attached hydrogen (secondary N) is 1. The fourth-order valence-corrected chi connectivity index (χ4v) is 2.78. The number of hydrogen-bond donors (Lipinski definition) is 1. The molecule has 0 radical (unpaired) electrons. The number of rotatable bonds is 5. The van der Waals surface area contributed by atoms with E-state index in [4.69, 9.17) is 0 Å². The summed E-state index contributed by atoms with van der Waals surface area (Å²) in [6.45, 7) is 0. The molecule has 0 saturated carbocycles. The summed E-state index contributed by atoms with van der Waals surface area (Å²) in [4.78, 5) is 23.9. The lowest BCUT2D eigenvalue weighted by Gasteiger charge is -2.07. The van der Waals surface area contributed by atoms with Crippen molar-refractivity contribution in [3.63, 3.8) is 0 Å². The first-order chi connectivity index (χ1) is 14.6. The molecule has 4 aromatic rings. The molecule has 0 aliphatic heterocycles. The molecular formula is C21H14F2N6O. The number of anilines is 1. The van der Waals surface area contributed by atoms with Gasteiger partial charge in [-0.1, -0.05) is 0 Å². The summed E-state index contributed by atoms with van der Waals surface area (Å²) in [5, 5.41) is 10.5. The van der Waals surface area contributed by atoms with Gasteiger partial charge in [0.25, 0.3) is 0 Å². The highest BCUT2D eigenvalue weighted by Gasteiger charge is 2.12. The van der Waals surface area contributed by atoms with Crippen LogP contribution in [0.2, 0.25) is 0 Å². The lowest BCUT2D eigenvalue weighted by molar-refractivity contribution is -0.115. The summed E-state index contributed by atoms with van der Waals surface area (Å²) in [5.74, 6) is -1.41. The Bertz CT molecular complexity index is 1190. The molecule has 9 heteroatoms. The molecule has 0 aromatic carbocycles. The molecule has 1 amide bonds. The van der Waals surface area contributed by atoms with Gasteiger partial charge in [-0.2, -0.15) is 14.6 Å². The second-order valence-corrected chi connectivity index (χ2v) is 6.31. The number of carbonyl (C=O) groups is 1. The van der Waals surface area contributed by atoms with Crippen LogP contribution in [0.25, 0.3) is 22.5 Å². The molecular weight excluding hydrogens is 390 g/mol. The Morgan fingerprint density at radius 2 is 1.83 bits per heavy atom. The Labute approximate surface area is 169 Å². The fraction of sp³-hybridized carbons (Fsp3) is 0.0476. The van der Waals surface area contributed by atoms with E-state index in [0.717, 1.165) is 11.6 Å². The van der Waals surface area contributed by atoms with E-state index in [1.165, 1.54) is 24.5 Å². The molecule has 0 fully saturated rings. The molecule has 0 unspecified atom stereocenters. The van der Waals surface area contributed by atoms with Crippen LogP contribution in [0.5, 0.6) is 0 Å². The minimum atomic E-state index is -0.727. The molecule has 148 valence electrons. The van der Waals surface area contributed by atoms with Crippen LogP contribution < -0.4 is 5.32 Å². The van der Waals surface area contributed by atoms with Gasteiger partial charge in [0.05, 0.1) is 12.1 Å². The highest BCUT2D eigenvalue weighted by Crippen LogP contribution is 2.21. The van der Waals surface area contributed by atoms with E-state index in [1.54, 1.807) is 36.7 Å². The first-order valence-corrected chi connectivity index (χ1v) is 8.89. The Kier molecular flexibility index (Phi) is 5.42. The van der Waals surface area contributed by atoms with Crippen molar-refractivity contribution in [1.82, 2.24) is 25.1 Å². The minimum absolute atomic E-state index is 0.0123. The zero-order valence-electron chi connectivity index (χ0n) is 15.5. The molecule has 0 bridgehead atoms. The summed E-state index contributed by atoms with van der Waals surface area (Å²) in [5.41, 5.74) is 2.05. The van der Waals surface area contributed by atoms with Gasteiger partial charge in [0.15, 0.2) is 0 Å². The Morgan fingerprint density at radius 3 is 2.53 bits per heavy atom. The van der Waals surface area contributed by atoms with E-state index in [2.05, 4.69) is 30.5 Å². The molecule has 7 nitrogen and oxygen atoms in total. The standard InChI is InChI=1S/C21H14F2N6O/c22-16-8-13(11-26-21(16)14-5-7-24-18(23)10-14)9-20(30)28-19-4-3-15(12-25-19)17-2-1-6-27-29-17/h1-8,10-12H,9H2,(H,25,28,30). The predicted molar refractivity (Wildman–Crippen MR) is 105 cm³/mol. The molecule has 4 rings (SSSR count). The third kappa shape index (κ3) is 4.46. The fourth-order valence-electron chi connectivity index (χ4n) is 2.78. The number of carbonyl (C=O) groups excluding carboxylic acids is 1. The summed E-state index contributed by atoms with van der Waals surface area (Å²) >= 11 is 0. The number of amides is 1. The van der Waals surface area contributed by atoms with Crippen molar-refractivity contribution in [2.45, 2.75) is 6.42 Å². The van der Waals surface area contributed by atoms with Crippen molar-refractivity contribution in [2.24, 2.45) is 0 Å². The van der Waals surface area contributed by atoms with Crippen LogP contribution >= 0.6 is 0 Å². The van der Waals surface area contributed by atoms with Crippen molar-refractivity contribution in [2.75, 3.05) is 5.32 Å². The normalized spacial score (nSPS) is 10.6. The average Bonchev–Trinajstić information content (AvgIpc) is 2.75. The van der Waals surface area contributed by atoms with E-state index in [-0.39, 0.29) is 23.6 Å². The molecule has 0 atom stereocenters. The number of hydrogen-bond acceptors (Lipinski definition) is 6. The predicted octanol–water partition coefficient (Wildman–Crippen LogP) is 3.46. The van der Waals surface area contributed by atoms with Crippen molar-refractivity contribution in [3.8, 4) is 22.5 Å². The van der Waals surface area contributed by atoms with Crippen LogP contribution in [-0.2, 0) is 11.2 Å². The molecule has 4 heterocycles. The highest BCUT2D eigenvalue weighted by atomic mass is 19.1. The Balaban J connectivity index is 1.42. The number of aromatic nitrogens is 5. The lowest BCUT2D eigenvalue weighted by Crippen LogP contribution is -2.15. The van der Waals surface area contributed by atoms with Crippen molar-refractivity contribution in [1.29, 1.82) is 0 Å². The summed E-state index contributed by atoms with van der Waals surface area (Å²) in [6.07, 6.45) is 5.66. The van der Waals surface area contributed by atoms with Crippen LogP contribution in [0.1, 0.15) is 5.56 Å². The van der Waals surface area contributed by atoms with Crippen LogP contribution in [0.4, 0.5) is 14.6 Å². The second kappa shape index (κ2) is 8.48. The van der Waals surface area contributed by atoms with Crippen LogP contribution in [0, 0.1) is 11.8 Å². The third-order valence-electron chi connectivity index (χ3n) is 4.16. The van der Waals surface area contributed by atoms with Gasteiger partial charge in [0, 0.05) is 42.0 Å². The Hall–Kier alpha value is -4.14. The number of nitrogens with zero attached hydrogens (tertiary/aromatic N) is 5. The maximum Gasteiger partial charge on any atom is 0.230 e. The lowest BCUT2D eigenvalue weighted by atomic mass is 10.1. The quantitative estimate of drug-likeness (QED) is 0.512. The zero-order chi connectivity index (χ0) is 20.9. The molecule has 0 aliphatic rings. The second-order valence-electron chi connectivity index (χ2n) is 6.31. The van der Waals surface area contributed by atoms with Gasteiger partial charge in [-0.25, -0.2) is 14.4 Å². The van der Waals surface area contributed by atoms with Crippen LogP contribution in [0.15, 0.2) is 67.3 Å². The SMILES string of the molecule is O=C(Cc1cnc(-c2ccnc(F)c2)c(F)c1)Nc1ccc(-c2cccnn2)cn1. The molecule has 0 aliphatic carbocycles. The van der Waals surface area contributed by atoms with Crippen molar-refractivity contribution in [3.05, 3.63) is 84.6 Å².